The van der Waals surface area contributed by atoms with E-state index in [1.807, 2.05) is 13.8 Å². The maximum absolute atomic E-state index is 13.3. The molecule has 0 radical (unpaired) electrons. The van der Waals surface area contributed by atoms with E-state index >= 15 is 0 Å². The lowest BCUT2D eigenvalue weighted by molar-refractivity contribution is -0.118. The van der Waals surface area contributed by atoms with E-state index in [2.05, 4.69) is 5.32 Å². The topological polar surface area (TPSA) is 29.1 Å². The highest BCUT2D eigenvalue weighted by atomic mass is 19.1. The van der Waals surface area contributed by atoms with Crippen molar-refractivity contribution >= 4 is 5.78 Å². The molecule has 0 spiro atoms. The van der Waals surface area contributed by atoms with Gasteiger partial charge in [-0.1, -0.05) is 25.1 Å². The van der Waals surface area contributed by atoms with E-state index in [1.165, 1.54) is 6.07 Å². The Bertz CT molecular complexity index is 352. The molecule has 0 aliphatic heterocycles. The van der Waals surface area contributed by atoms with E-state index in [1.54, 1.807) is 18.2 Å². The summed E-state index contributed by atoms with van der Waals surface area (Å²) in [5.41, 5.74) is 0.483. The van der Waals surface area contributed by atoms with Gasteiger partial charge >= 0.3 is 0 Å². The minimum absolute atomic E-state index is 0.0681. The Balaban J connectivity index is 2.49. The SMILES string of the molecule is CCNC(C)CC(=O)Cc1ccccc1F. The molecule has 16 heavy (non-hydrogen) atoms. The Morgan fingerprint density at radius 2 is 2.12 bits per heavy atom. The van der Waals surface area contributed by atoms with Gasteiger partial charge in [0.25, 0.3) is 0 Å². The Morgan fingerprint density at radius 3 is 2.75 bits per heavy atom. The van der Waals surface area contributed by atoms with Crippen molar-refractivity contribution in [2.24, 2.45) is 0 Å². The molecule has 1 atom stereocenters. The lowest BCUT2D eigenvalue weighted by atomic mass is 10.0. The highest BCUT2D eigenvalue weighted by Crippen LogP contribution is 2.09. The molecule has 0 bridgehead atoms. The van der Waals surface area contributed by atoms with Crippen LogP contribution in [0.1, 0.15) is 25.8 Å². The number of hydrogen-bond donors (Lipinski definition) is 1. The van der Waals surface area contributed by atoms with Gasteiger partial charge in [0.15, 0.2) is 0 Å². The lowest BCUT2D eigenvalue weighted by Crippen LogP contribution is -2.28. The van der Waals surface area contributed by atoms with Gasteiger partial charge in [-0.05, 0) is 25.1 Å². The molecule has 1 N–H and O–H groups in total. The van der Waals surface area contributed by atoms with Gasteiger partial charge in [0.05, 0.1) is 0 Å². The monoisotopic (exact) mass is 223 g/mol. The fourth-order valence-electron chi connectivity index (χ4n) is 1.69. The Morgan fingerprint density at radius 1 is 1.44 bits per heavy atom. The zero-order chi connectivity index (χ0) is 12.0. The molecule has 3 heteroatoms. The van der Waals surface area contributed by atoms with Gasteiger partial charge in [-0.3, -0.25) is 4.79 Å². The summed E-state index contributed by atoms with van der Waals surface area (Å²) >= 11 is 0. The number of hydrogen-bond acceptors (Lipinski definition) is 2. The van der Waals surface area contributed by atoms with Crippen LogP contribution in [0, 0.1) is 5.82 Å². The van der Waals surface area contributed by atoms with Gasteiger partial charge in [-0.2, -0.15) is 0 Å². The summed E-state index contributed by atoms with van der Waals surface area (Å²) < 4.78 is 13.3. The minimum atomic E-state index is -0.299. The Labute approximate surface area is 95.9 Å². The fourth-order valence-corrected chi connectivity index (χ4v) is 1.69. The van der Waals surface area contributed by atoms with Crippen molar-refractivity contribution in [1.82, 2.24) is 5.32 Å². The highest BCUT2D eigenvalue weighted by Gasteiger charge is 2.10. The second kappa shape index (κ2) is 6.38. The first kappa shape index (κ1) is 12.8. The van der Waals surface area contributed by atoms with Crippen LogP contribution in [0.5, 0.6) is 0 Å². The third-order valence-corrected chi connectivity index (χ3v) is 2.43. The number of benzene rings is 1. The van der Waals surface area contributed by atoms with Crippen LogP contribution in [0.4, 0.5) is 4.39 Å². The van der Waals surface area contributed by atoms with Crippen molar-refractivity contribution in [3.63, 3.8) is 0 Å². The first-order chi connectivity index (χ1) is 7.63. The van der Waals surface area contributed by atoms with Crippen molar-refractivity contribution in [2.45, 2.75) is 32.7 Å². The summed E-state index contributed by atoms with van der Waals surface area (Å²) in [4.78, 5) is 11.6. The second-order valence-electron chi connectivity index (χ2n) is 3.97. The molecule has 0 heterocycles. The number of halogens is 1. The predicted octanol–water partition coefficient (Wildman–Crippen LogP) is 2.33. The second-order valence-corrected chi connectivity index (χ2v) is 3.97. The standard InChI is InChI=1S/C13H18FNO/c1-3-15-10(2)8-12(16)9-11-6-4-5-7-13(11)14/h4-7,10,15H,3,8-9H2,1-2H3. The van der Waals surface area contributed by atoms with Crippen molar-refractivity contribution in [3.8, 4) is 0 Å². The molecular formula is C13H18FNO. The van der Waals surface area contributed by atoms with E-state index in [-0.39, 0.29) is 24.1 Å². The average molecular weight is 223 g/mol. The minimum Gasteiger partial charge on any atom is -0.314 e. The first-order valence-electron chi connectivity index (χ1n) is 5.62. The third kappa shape index (κ3) is 4.11. The van der Waals surface area contributed by atoms with Crippen LogP contribution in [0.25, 0.3) is 0 Å². The zero-order valence-corrected chi connectivity index (χ0v) is 9.79. The van der Waals surface area contributed by atoms with Crippen molar-refractivity contribution < 1.29 is 9.18 Å². The van der Waals surface area contributed by atoms with Gasteiger partial charge < -0.3 is 5.32 Å². The van der Waals surface area contributed by atoms with E-state index < -0.39 is 0 Å². The van der Waals surface area contributed by atoms with Crippen molar-refractivity contribution in [3.05, 3.63) is 35.6 Å². The quantitative estimate of drug-likeness (QED) is 0.802. The third-order valence-electron chi connectivity index (χ3n) is 2.43. The summed E-state index contributed by atoms with van der Waals surface area (Å²) in [6.07, 6.45) is 0.630. The van der Waals surface area contributed by atoms with Crippen molar-refractivity contribution in [2.75, 3.05) is 6.54 Å². The maximum atomic E-state index is 13.3. The van der Waals surface area contributed by atoms with Crippen LogP contribution >= 0.6 is 0 Å². The molecule has 0 saturated carbocycles. The molecule has 0 saturated heterocycles. The number of carbonyl (C=O) groups excluding carboxylic acids is 1. The van der Waals surface area contributed by atoms with Crippen LogP contribution in [-0.4, -0.2) is 18.4 Å². The van der Waals surface area contributed by atoms with Crippen LogP contribution in [-0.2, 0) is 11.2 Å². The van der Waals surface area contributed by atoms with E-state index in [4.69, 9.17) is 0 Å². The number of carbonyl (C=O) groups is 1. The van der Waals surface area contributed by atoms with Gasteiger partial charge in [-0.15, -0.1) is 0 Å². The van der Waals surface area contributed by atoms with E-state index in [0.717, 1.165) is 6.54 Å². The molecule has 1 aromatic carbocycles. The van der Waals surface area contributed by atoms with Gasteiger partial charge in [0, 0.05) is 18.9 Å². The first-order valence-corrected chi connectivity index (χ1v) is 5.62. The summed E-state index contributed by atoms with van der Waals surface area (Å²) in [6.45, 7) is 4.80. The van der Waals surface area contributed by atoms with E-state index in [0.29, 0.717) is 12.0 Å². The smallest absolute Gasteiger partial charge is 0.138 e. The van der Waals surface area contributed by atoms with Crippen LogP contribution in [0.3, 0.4) is 0 Å². The molecule has 0 fully saturated rings. The molecule has 0 amide bonds. The Hall–Kier alpha value is -1.22. The normalized spacial score (nSPS) is 12.4. The molecule has 0 aliphatic rings. The zero-order valence-electron chi connectivity index (χ0n) is 9.79. The summed E-state index contributed by atoms with van der Waals surface area (Å²) in [5.74, 6) is -0.231. The molecule has 0 aromatic heterocycles. The molecule has 1 rings (SSSR count). The summed E-state index contributed by atoms with van der Waals surface area (Å²) in [6, 6.07) is 6.58. The number of rotatable bonds is 6. The maximum Gasteiger partial charge on any atom is 0.138 e. The predicted molar refractivity (Wildman–Crippen MR) is 62.9 cm³/mol. The average Bonchev–Trinajstić information content (AvgIpc) is 2.21. The lowest BCUT2D eigenvalue weighted by Gasteiger charge is -2.11. The number of nitrogens with one attached hydrogen (secondary N) is 1. The van der Waals surface area contributed by atoms with E-state index in [9.17, 15) is 9.18 Å². The summed E-state index contributed by atoms with van der Waals surface area (Å²) in [5, 5.41) is 3.16. The highest BCUT2D eigenvalue weighted by molar-refractivity contribution is 5.81. The number of ketones is 1. The Kier molecular flexibility index (Phi) is 5.12. The largest absolute Gasteiger partial charge is 0.314 e. The van der Waals surface area contributed by atoms with Gasteiger partial charge in [0.1, 0.15) is 11.6 Å². The summed E-state index contributed by atoms with van der Waals surface area (Å²) in [7, 11) is 0. The van der Waals surface area contributed by atoms with Crippen LogP contribution in [0.2, 0.25) is 0 Å². The van der Waals surface area contributed by atoms with Crippen LogP contribution < -0.4 is 5.32 Å². The molecule has 0 aliphatic carbocycles. The molecule has 1 aromatic rings. The fraction of sp³-hybridized carbons (Fsp3) is 0.462. The van der Waals surface area contributed by atoms with Gasteiger partial charge in [0.2, 0.25) is 0 Å². The molecule has 88 valence electrons. The number of Topliss-reactive ketones (excluding diaryl/α,β-unsaturated/α-hetero) is 1. The molecule has 2 nitrogen and oxygen atoms in total. The molecule has 1 unspecified atom stereocenters. The van der Waals surface area contributed by atoms with Crippen molar-refractivity contribution in [1.29, 1.82) is 0 Å². The van der Waals surface area contributed by atoms with Crippen LogP contribution in [0.15, 0.2) is 24.3 Å². The molecular weight excluding hydrogens is 205 g/mol. The van der Waals surface area contributed by atoms with Gasteiger partial charge in [-0.25, -0.2) is 4.39 Å².